The Bertz CT molecular complexity index is 280. The van der Waals surface area contributed by atoms with E-state index in [1.165, 1.54) is 6.33 Å². The van der Waals surface area contributed by atoms with Crippen molar-refractivity contribution in [2.24, 2.45) is 0 Å². The molecular weight excluding hydrogens is 182 g/mol. The predicted octanol–water partition coefficient (Wildman–Crippen LogP) is 0.529. The van der Waals surface area contributed by atoms with Crippen LogP contribution >= 0.6 is 0 Å². The first-order valence-electron chi connectivity index (χ1n) is 4.30. The van der Waals surface area contributed by atoms with Crippen molar-refractivity contribution >= 4 is 5.82 Å². The van der Waals surface area contributed by atoms with Crippen LogP contribution in [0, 0.1) is 6.92 Å². The SMILES string of the molecule is COC(Cc1c(C)ncnc1N)OC. The minimum Gasteiger partial charge on any atom is -0.383 e. The van der Waals surface area contributed by atoms with Crippen LogP contribution in [0.25, 0.3) is 0 Å². The summed E-state index contributed by atoms with van der Waals surface area (Å²) in [6.45, 7) is 1.88. The van der Waals surface area contributed by atoms with E-state index in [0.717, 1.165) is 11.3 Å². The number of nitrogens with two attached hydrogens (primary N) is 1. The van der Waals surface area contributed by atoms with Crippen molar-refractivity contribution in [2.75, 3.05) is 20.0 Å². The molecule has 1 aromatic rings. The Morgan fingerprint density at radius 2 is 2.00 bits per heavy atom. The van der Waals surface area contributed by atoms with E-state index in [9.17, 15) is 0 Å². The molecule has 1 heterocycles. The van der Waals surface area contributed by atoms with Crippen molar-refractivity contribution in [3.05, 3.63) is 17.6 Å². The molecule has 14 heavy (non-hydrogen) atoms. The first-order chi connectivity index (χ1) is 6.69. The number of methoxy groups -OCH3 is 2. The fourth-order valence-corrected chi connectivity index (χ4v) is 1.20. The van der Waals surface area contributed by atoms with Gasteiger partial charge in [0, 0.05) is 31.9 Å². The van der Waals surface area contributed by atoms with Gasteiger partial charge in [-0.05, 0) is 6.92 Å². The lowest BCUT2D eigenvalue weighted by Crippen LogP contribution is -2.18. The number of hydrogen-bond acceptors (Lipinski definition) is 5. The highest BCUT2D eigenvalue weighted by Gasteiger charge is 2.12. The zero-order valence-corrected chi connectivity index (χ0v) is 8.65. The highest BCUT2D eigenvalue weighted by Crippen LogP contribution is 2.14. The molecule has 0 aromatic carbocycles. The minimum absolute atomic E-state index is 0.304. The van der Waals surface area contributed by atoms with E-state index >= 15 is 0 Å². The average Bonchev–Trinajstić information content (AvgIpc) is 2.18. The summed E-state index contributed by atoms with van der Waals surface area (Å²) in [6, 6.07) is 0. The topological polar surface area (TPSA) is 70.3 Å². The van der Waals surface area contributed by atoms with E-state index in [2.05, 4.69) is 9.97 Å². The standard InChI is InChI=1S/C9H15N3O2/c1-6-7(4-8(13-2)14-3)9(10)12-5-11-6/h5,8H,4H2,1-3H3,(H2,10,11,12). The van der Waals surface area contributed by atoms with Crippen LogP contribution in [-0.4, -0.2) is 30.5 Å². The molecule has 0 radical (unpaired) electrons. The normalized spacial score (nSPS) is 10.9. The van der Waals surface area contributed by atoms with E-state index in [4.69, 9.17) is 15.2 Å². The maximum absolute atomic E-state index is 5.72. The van der Waals surface area contributed by atoms with Crippen LogP contribution in [0.1, 0.15) is 11.3 Å². The summed E-state index contributed by atoms with van der Waals surface area (Å²) in [5, 5.41) is 0. The van der Waals surface area contributed by atoms with Crippen molar-refractivity contribution in [1.29, 1.82) is 0 Å². The van der Waals surface area contributed by atoms with Gasteiger partial charge in [-0.25, -0.2) is 9.97 Å². The summed E-state index contributed by atoms with van der Waals surface area (Å²) >= 11 is 0. The molecular formula is C9H15N3O2. The molecule has 1 rings (SSSR count). The number of anilines is 1. The molecule has 0 bridgehead atoms. The minimum atomic E-state index is -0.304. The fourth-order valence-electron chi connectivity index (χ4n) is 1.20. The lowest BCUT2D eigenvalue weighted by molar-refractivity contribution is -0.100. The highest BCUT2D eigenvalue weighted by atomic mass is 16.7. The Morgan fingerprint density at radius 3 is 2.50 bits per heavy atom. The van der Waals surface area contributed by atoms with Crippen molar-refractivity contribution in [3.8, 4) is 0 Å². The summed E-state index contributed by atoms with van der Waals surface area (Å²) in [6.07, 6.45) is 1.70. The molecule has 78 valence electrons. The van der Waals surface area contributed by atoms with Crippen molar-refractivity contribution < 1.29 is 9.47 Å². The van der Waals surface area contributed by atoms with E-state index in [1.54, 1.807) is 14.2 Å². The lowest BCUT2D eigenvalue weighted by atomic mass is 10.1. The van der Waals surface area contributed by atoms with Crippen LogP contribution in [0.4, 0.5) is 5.82 Å². The van der Waals surface area contributed by atoms with Crippen LogP contribution in [0.5, 0.6) is 0 Å². The third kappa shape index (κ3) is 2.40. The van der Waals surface area contributed by atoms with Gasteiger partial charge < -0.3 is 15.2 Å². The number of rotatable bonds is 4. The maximum atomic E-state index is 5.72. The Balaban J connectivity index is 2.84. The van der Waals surface area contributed by atoms with E-state index < -0.39 is 0 Å². The highest BCUT2D eigenvalue weighted by molar-refractivity contribution is 5.41. The molecule has 0 atom stereocenters. The van der Waals surface area contributed by atoms with Gasteiger partial charge in [-0.3, -0.25) is 0 Å². The molecule has 0 saturated heterocycles. The number of nitrogen functional groups attached to an aromatic ring is 1. The average molecular weight is 197 g/mol. The lowest BCUT2D eigenvalue weighted by Gasteiger charge is -2.15. The summed E-state index contributed by atoms with van der Waals surface area (Å²) in [7, 11) is 3.17. The van der Waals surface area contributed by atoms with Gasteiger partial charge in [0.1, 0.15) is 12.1 Å². The molecule has 0 saturated carbocycles. The summed E-state index contributed by atoms with van der Waals surface area (Å²) in [4.78, 5) is 7.98. The van der Waals surface area contributed by atoms with Crippen LogP contribution in [-0.2, 0) is 15.9 Å². The predicted molar refractivity (Wildman–Crippen MR) is 52.7 cm³/mol. The molecule has 0 spiro atoms. The van der Waals surface area contributed by atoms with E-state index in [0.29, 0.717) is 12.2 Å². The number of aryl methyl sites for hydroxylation is 1. The third-order valence-electron chi connectivity index (χ3n) is 2.09. The van der Waals surface area contributed by atoms with Crippen LogP contribution < -0.4 is 5.73 Å². The second kappa shape index (κ2) is 4.88. The van der Waals surface area contributed by atoms with Gasteiger partial charge in [-0.1, -0.05) is 0 Å². The largest absolute Gasteiger partial charge is 0.383 e. The molecule has 0 fully saturated rings. The number of aromatic nitrogens is 2. The maximum Gasteiger partial charge on any atom is 0.161 e. The third-order valence-corrected chi connectivity index (χ3v) is 2.09. The van der Waals surface area contributed by atoms with Gasteiger partial charge in [-0.2, -0.15) is 0 Å². The molecule has 0 unspecified atom stereocenters. The van der Waals surface area contributed by atoms with Gasteiger partial charge in [-0.15, -0.1) is 0 Å². The summed E-state index contributed by atoms with van der Waals surface area (Å²) in [5.41, 5.74) is 7.45. The van der Waals surface area contributed by atoms with Crippen molar-refractivity contribution in [1.82, 2.24) is 9.97 Å². The smallest absolute Gasteiger partial charge is 0.161 e. The number of nitrogens with zero attached hydrogens (tertiary/aromatic N) is 2. The van der Waals surface area contributed by atoms with Crippen LogP contribution in [0.15, 0.2) is 6.33 Å². The molecule has 1 aromatic heterocycles. The first-order valence-corrected chi connectivity index (χ1v) is 4.30. The first kappa shape index (κ1) is 10.9. The monoisotopic (exact) mass is 197 g/mol. The zero-order chi connectivity index (χ0) is 10.6. The molecule has 5 nitrogen and oxygen atoms in total. The van der Waals surface area contributed by atoms with E-state index in [-0.39, 0.29) is 6.29 Å². The van der Waals surface area contributed by atoms with Gasteiger partial charge in [0.2, 0.25) is 0 Å². The van der Waals surface area contributed by atoms with Gasteiger partial charge >= 0.3 is 0 Å². The Hall–Kier alpha value is -1.20. The molecule has 0 aliphatic rings. The fraction of sp³-hybridized carbons (Fsp3) is 0.556. The quantitative estimate of drug-likeness (QED) is 0.713. The van der Waals surface area contributed by atoms with Gasteiger partial charge in [0.05, 0.1) is 0 Å². The van der Waals surface area contributed by atoms with Crippen LogP contribution in [0.2, 0.25) is 0 Å². The summed E-state index contributed by atoms with van der Waals surface area (Å²) in [5.74, 6) is 0.483. The molecule has 0 aliphatic heterocycles. The number of ether oxygens (including phenoxy) is 2. The van der Waals surface area contributed by atoms with Crippen molar-refractivity contribution in [3.63, 3.8) is 0 Å². The second-order valence-corrected chi connectivity index (χ2v) is 2.93. The Morgan fingerprint density at radius 1 is 1.36 bits per heavy atom. The Labute approximate surface area is 83.3 Å². The van der Waals surface area contributed by atoms with Gasteiger partial charge in [0.25, 0.3) is 0 Å². The molecule has 0 amide bonds. The van der Waals surface area contributed by atoms with Crippen molar-refractivity contribution in [2.45, 2.75) is 19.6 Å². The Kier molecular flexibility index (Phi) is 3.79. The number of hydrogen-bond donors (Lipinski definition) is 1. The zero-order valence-electron chi connectivity index (χ0n) is 8.65. The molecule has 5 heteroatoms. The van der Waals surface area contributed by atoms with E-state index in [1.807, 2.05) is 6.92 Å². The van der Waals surface area contributed by atoms with Gasteiger partial charge in [0.15, 0.2) is 6.29 Å². The molecule has 0 aliphatic carbocycles. The summed E-state index contributed by atoms with van der Waals surface area (Å²) < 4.78 is 10.2. The molecule has 2 N–H and O–H groups in total. The second-order valence-electron chi connectivity index (χ2n) is 2.93. The van der Waals surface area contributed by atoms with Crippen LogP contribution in [0.3, 0.4) is 0 Å².